The fourth-order valence-corrected chi connectivity index (χ4v) is 4.91. The zero-order chi connectivity index (χ0) is 23.5. The minimum atomic E-state index is -1.07. The highest BCUT2D eigenvalue weighted by Gasteiger charge is 2.45. The molecule has 5 rings (SSSR count). The maximum Gasteiger partial charge on any atom is 0.215 e. The minimum absolute atomic E-state index is 0.286. The van der Waals surface area contributed by atoms with E-state index in [0.717, 1.165) is 23.2 Å². The number of imidazole rings is 1. The highest BCUT2D eigenvalue weighted by molar-refractivity contribution is 6.35. The van der Waals surface area contributed by atoms with Crippen molar-refractivity contribution in [3.05, 3.63) is 94.5 Å². The van der Waals surface area contributed by atoms with Crippen molar-refractivity contribution in [1.82, 2.24) is 14.9 Å². The Bertz CT molecular complexity index is 1280. The van der Waals surface area contributed by atoms with E-state index in [-0.39, 0.29) is 6.10 Å². The summed E-state index contributed by atoms with van der Waals surface area (Å²) in [6.07, 6.45) is 5.02. The molecule has 3 aromatic carbocycles. The minimum Gasteiger partial charge on any atom is -0.490 e. The van der Waals surface area contributed by atoms with E-state index in [1.807, 2.05) is 42.1 Å². The van der Waals surface area contributed by atoms with Crippen LogP contribution in [0, 0.1) is 0 Å². The fraction of sp³-hybridized carbons (Fsp3) is 0.269. The van der Waals surface area contributed by atoms with Crippen LogP contribution in [0.1, 0.15) is 11.1 Å². The first-order valence-electron chi connectivity index (χ1n) is 11.1. The molecular formula is C26H25Cl2N3O3. The topological polar surface area (TPSA) is 57.5 Å². The van der Waals surface area contributed by atoms with Crippen LogP contribution in [0.5, 0.6) is 5.75 Å². The molecule has 0 aliphatic carbocycles. The van der Waals surface area contributed by atoms with Gasteiger partial charge in [0.1, 0.15) is 18.5 Å². The number of rotatable bonds is 8. The molecule has 2 unspecified atom stereocenters. The van der Waals surface area contributed by atoms with Crippen LogP contribution < -0.4 is 10.1 Å². The maximum atomic E-state index is 6.56. The van der Waals surface area contributed by atoms with Gasteiger partial charge >= 0.3 is 0 Å². The number of nitrogens with zero attached hydrogens (tertiary/aromatic N) is 2. The summed E-state index contributed by atoms with van der Waals surface area (Å²) in [6.45, 7) is 1.89. The molecule has 34 heavy (non-hydrogen) atoms. The first-order chi connectivity index (χ1) is 16.6. The Hall–Kier alpha value is -2.61. The van der Waals surface area contributed by atoms with Crippen LogP contribution in [0.25, 0.3) is 10.8 Å². The van der Waals surface area contributed by atoms with Crippen LogP contribution >= 0.6 is 23.2 Å². The van der Waals surface area contributed by atoms with E-state index >= 15 is 0 Å². The molecule has 1 aromatic heterocycles. The molecule has 2 atom stereocenters. The van der Waals surface area contributed by atoms with Gasteiger partial charge in [-0.3, -0.25) is 0 Å². The van der Waals surface area contributed by atoms with E-state index in [1.165, 1.54) is 10.9 Å². The monoisotopic (exact) mass is 497 g/mol. The Balaban J connectivity index is 1.38. The number of fused-ring (bicyclic) bond motifs is 1. The summed E-state index contributed by atoms with van der Waals surface area (Å²) in [7, 11) is 1.94. The third-order valence-electron chi connectivity index (χ3n) is 5.92. The summed E-state index contributed by atoms with van der Waals surface area (Å²) >= 11 is 12.7. The van der Waals surface area contributed by atoms with Crippen molar-refractivity contribution in [3.63, 3.8) is 0 Å². The van der Waals surface area contributed by atoms with E-state index < -0.39 is 5.79 Å². The molecule has 6 nitrogen and oxygen atoms in total. The van der Waals surface area contributed by atoms with Gasteiger partial charge in [-0.1, -0.05) is 59.6 Å². The zero-order valence-corrected chi connectivity index (χ0v) is 20.2. The Labute approximate surface area is 208 Å². The van der Waals surface area contributed by atoms with Crippen molar-refractivity contribution >= 4 is 34.0 Å². The lowest BCUT2D eigenvalue weighted by molar-refractivity contribution is -0.189. The zero-order valence-electron chi connectivity index (χ0n) is 18.7. The molecular weight excluding hydrogens is 473 g/mol. The molecule has 4 aromatic rings. The van der Waals surface area contributed by atoms with Gasteiger partial charge in [-0.05, 0) is 36.2 Å². The highest BCUT2D eigenvalue weighted by atomic mass is 35.5. The Morgan fingerprint density at radius 1 is 1.15 bits per heavy atom. The van der Waals surface area contributed by atoms with Crippen LogP contribution in [0.15, 0.2) is 73.3 Å². The van der Waals surface area contributed by atoms with Crippen molar-refractivity contribution in [1.29, 1.82) is 0 Å². The van der Waals surface area contributed by atoms with Crippen molar-refractivity contribution in [3.8, 4) is 5.75 Å². The third kappa shape index (κ3) is 4.65. The van der Waals surface area contributed by atoms with Crippen LogP contribution in [0.2, 0.25) is 10.0 Å². The Morgan fingerprint density at radius 3 is 2.76 bits per heavy atom. The molecule has 1 saturated heterocycles. The summed E-state index contributed by atoms with van der Waals surface area (Å²) in [5.41, 5.74) is 1.94. The van der Waals surface area contributed by atoms with Crippen LogP contribution in [0.3, 0.4) is 0 Å². The summed E-state index contributed by atoms with van der Waals surface area (Å²) in [5.74, 6) is -0.259. The molecule has 0 saturated carbocycles. The number of ether oxygens (including phenoxy) is 3. The smallest absolute Gasteiger partial charge is 0.215 e. The highest BCUT2D eigenvalue weighted by Crippen LogP contribution is 2.41. The van der Waals surface area contributed by atoms with Gasteiger partial charge in [0.2, 0.25) is 5.79 Å². The number of nitrogens with one attached hydrogen (secondary N) is 1. The van der Waals surface area contributed by atoms with Gasteiger partial charge in [-0.25, -0.2) is 4.98 Å². The first-order valence-corrected chi connectivity index (χ1v) is 11.8. The van der Waals surface area contributed by atoms with Gasteiger partial charge in [0, 0.05) is 34.9 Å². The van der Waals surface area contributed by atoms with Gasteiger partial charge in [0.25, 0.3) is 0 Å². The summed E-state index contributed by atoms with van der Waals surface area (Å²) in [5, 5.41) is 6.50. The summed E-state index contributed by atoms with van der Waals surface area (Å²) in [6, 6.07) is 17.7. The average Bonchev–Trinajstić information content (AvgIpc) is 3.49. The van der Waals surface area contributed by atoms with Gasteiger partial charge < -0.3 is 24.1 Å². The number of benzene rings is 3. The second-order valence-corrected chi connectivity index (χ2v) is 9.12. The molecule has 1 fully saturated rings. The lowest BCUT2D eigenvalue weighted by atomic mass is 10.0. The van der Waals surface area contributed by atoms with Gasteiger partial charge in [0.15, 0.2) is 0 Å². The van der Waals surface area contributed by atoms with E-state index in [9.17, 15) is 0 Å². The molecule has 1 N–H and O–H groups in total. The largest absolute Gasteiger partial charge is 0.490 e. The number of halogens is 2. The summed E-state index contributed by atoms with van der Waals surface area (Å²) < 4.78 is 20.9. The predicted molar refractivity (Wildman–Crippen MR) is 133 cm³/mol. The molecule has 0 amide bonds. The number of hydrogen-bond donors (Lipinski definition) is 1. The van der Waals surface area contributed by atoms with Gasteiger partial charge in [-0.2, -0.15) is 0 Å². The quantitative estimate of drug-likeness (QED) is 0.352. The molecule has 1 aliphatic heterocycles. The lowest BCUT2D eigenvalue weighted by Crippen LogP contribution is -2.34. The molecule has 2 heterocycles. The molecule has 0 radical (unpaired) electrons. The standard InChI is InChI=1S/C26H25Cl2N3O3/c1-29-13-18-6-9-25(22-5-3-2-4-21(18)22)32-14-20-15-33-26(34-20,16-31-11-10-30-17-31)23-8-7-19(27)12-24(23)28/h2-12,17,20,29H,13-16H2,1H3. The van der Waals surface area contributed by atoms with Crippen molar-refractivity contribution in [2.24, 2.45) is 0 Å². The van der Waals surface area contributed by atoms with Crippen LogP contribution in [0.4, 0.5) is 0 Å². The van der Waals surface area contributed by atoms with Gasteiger partial charge in [-0.15, -0.1) is 0 Å². The first kappa shape index (κ1) is 23.1. The maximum absolute atomic E-state index is 6.56. The molecule has 8 heteroatoms. The third-order valence-corrected chi connectivity index (χ3v) is 6.46. The van der Waals surface area contributed by atoms with Crippen LogP contribution in [-0.4, -0.2) is 35.9 Å². The van der Waals surface area contributed by atoms with Gasteiger partial charge in [0.05, 0.1) is 24.5 Å². The number of hydrogen-bond acceptors (Lipinski definition) is 5. The second kappa shape index (κ2) is 9.94. The fourth-order valence-electron chi connectivity index (χ4n) is 4.36. The Morgan fingerprint density at radius 2 is 2.00 bits per heavy atom. The van der Waals surface area contributed by atoms with Crippen molar-refractivity contribution < 1.29 is 14.2 Å². The van der Waals surface area contributed by atoms with Crippen molar-refractivity contribution in [2.45, 2.75) is 25.0 Å². The Kier molecular flexibility index (Phi) is 6.77. The van der Waals surface area contributed by atoms with E-state index in [1.54, 1.807) is 24.7 Å². The molecule has 1 aliphatic rings. The van der Waals surface area contributed by atoms with E-state index in [2.05, 4.69) is 28.5 Å². The van der Waals surface area contributed by atoms with E-state index in [0.29, 0.717) is 29.8 Å². The molecule has 0 spiro atoms. The molecule has 176 valence electrons. The lowest BCUT2D eigenvalue weighted by Gasteiger charge is -2.30. The predicted octanol–water partition coefficient (Wildman–Crippen LogP) is 5.41. The SMILES string of the molecule is CNCc1ccc(OCC2COC(Cn3ccnc3)(c3ccc(Cl)cc3Cl)O2)c2ccccc12. The van der Waals surface area contributed by atoms with Crippen molar-refractivity contribution in [2.75, 3.05) is 20.3 Å². The van der Waals surface area contributed by atoms with Crippen LogP contribution in [-0.2, 0) is 28.4 Å². The average molecular weight is 498 g/mol. The van der Waals surface area contributed by atoms with E-state index in [4.69, 9.17) is 37.4 Å². The summed E-state index contributed by atoms with van der Waals surface area (Å²) in [4.78, 5) is 4.14. The molecule has 0 bridgehead atoms. The number of aromatic nitrogens is 2. The normalized spacial score (nSPS) is 20.1. The second-order valence-electron chi connectivity index (χ2n) is 8.27.